The maximum atomic E-state index is 13.9. The van der Waals surface area contributed by atoms with E-state index in [9.17, 15) is 37.5 Å². The molecule has 10 heteroatoms. The van der Waals surface area contributed by atoms with Gasteiger partial charge in [0.05, 0.1) is 17.5 Å². The van der Waals surface area contributed by atoms with Gasteiger partial charge in [0.2, 0.25) is 11.8 Å². The van der Waals surface area contributed by atoms with E-state index in [2.05, 4.69) is 4.74 Å². The second-order valence-electron chi connectivity index (χ2n) is 11.0. The molecule has 3 aliphatic carbocycles. The molecule has 0 saturated carbocycles. The van der Waals surface area contributed by atoms with Crippen molar-refractivity contribution in [3.05, 3.63) is 88.0 Å². The van der Waals surface area contributed by atoms with Crippen LogP contribution in [0.3, 0.4) is 0 Å². The summed E-state index contributed by atoms with van der Waals surface area (Å²) in [5.41, 5.74) is 2.27. The Labute approximate surface area is 239 Å². The average Bonchev–Trinajstić information content (AvgIpc) is 3.20. The number of fused-ring (bicyclic) bond motifs is 3. The number of phenols is 1. The number of benzene rings is 2. The quantitative estimate of drug-likeness (QED) is 0.293. The maximum absolute atomic E-state index is 13.9. The molecular weight excluding hydrogens is 551 g/mol. The standard InChI is InChI=1S/C32H26F3NO6/c1-3-16-4-6-17(7-5-16)36-30(40)20-10-9-19-21(27(20)31(36)41)14-23-25(38)12-15(2)29(39)28(23)26(19)22-13-18(8-11-24(22)37)42-32(33,34)35/h4-9,11-13,20-21,26-27,37H,3,10,14H2,1-2H3/t20-,21+,26+,27-/m0/s1. The lowest BCUT2D eigenvalue weighted by Gasteiger charge is -2.42. The number of anilines is 1. The Kier molecular flexibility index (Phi) is 6.47. The summed E-state index contributed by atoms with van der Waals surface area (Å²) in [5.74, 6) is -6.10. The van der Waals surface area contributed by atoms with Crippen molar-refractivity contribution in [3.8, 4) is 11.5 Å². The highest BCUT2D eigenvalue weighted by Crippen LogP contribution is 2.56. The minimum absolute atomic E-state index is 0.00826. The first-order valence-corrected chi connectivity index (χ1v) is 13.6. The number of halogens is 3. The zero-order valence-corrected chi connectivity index (χ0v) is 22.7. The van der Waals surface area contributed by atoms with E-state index in [4.69, 9.17) is 0 Å². The van der Waals surface area contributed by atoms with Gasteiger partial charge >= 0.3 is 6.36 Å². The smallest absolute Gasteiger partial charge is 0.508 e. The second-order valence-corrected chi connectivity index (χ2v) is 11.0. The number of allylic oxidation sites excluding steroid dienone is 6. The molecule has 1 N–H and O–H groups in total. The van der Waals surface area contributed by atoms with Crippen molar-refractivity contribution < 1.29 is 42.2 Å². The number of hydrogen-bond donors (Lipinski definition) is 1. The minimum atomic E-state index is -5.00. The molecular formula is C32H26F3NO6. The summed E-state index contributed by atoms with van der Waals surface area (Å²) in [6.45, 7) is 3.46. The molecule has 7 nitrogen and oxygen atoms in total. The molecule has 2 amide bonds. The van der Waals surface area contributed by atoms with E-state index in [1.807, 2.05) is 19.1 Å². The Hall–Kier alpha value is -4.47. The van der Waals surface area contributed by atoms with Gasteiger partial charge in [-0.1, -0.05) is 30.7 Å². The number of phenolic OH excluding ortho intramolecular Hbond substituents is 1. The minimum Gasteiger partial charge on any atom is -0.508 e. The fraction of sp³-hybridized carbons (Fsp3) is 0.312. The first-order valence-electron chi connectivity index (χ1n) is 13.6. The van der Waals surface area contributed by atoms with E-state index < -0.39 is 59.0 Å². The number of imide groups is 1. The maximum Gasteiger partial charge on any atom is 0.573 e. The highest BCUT2D eigenvalue weighted by atomic mass is 19.4. The Morgan fingerprint density at radius 2 is 1.71 bits per heavy atom. The molecule has 0 unspecified atom stereocenters. The molecule has 1 heterocycles. The van der Waals surface area contributed by atoms with Gasteiger partial charge in [-0.25, -0.2) is 0 Å². The molecule has 4 aliphatic rings. The van der Waals surface area contributed by atoms with Crippen LogP contribution in [0.5, 0.6) is 11.5 Å². The molecule has 216 valence electrons. The number of hydrogen-bond acceptors (Lipinski definition) is 6. The van der Waals surface area contributed by atoms with Crippen LogP contribution in [0, 0.1) is 17.8 Å². The number of rotatable bonds is 4. The highest BCUT2D eigenvalue weighted by Gasteiger charge is 2.57. The van der Waals surface area contributed by atoms with Crippen LogP contribution in [0.4, 0.5) is 18.9 Å². The van der Waals surface area contributed by atoms with Crippen molar-refractivity contribution in [3.63, 3.8) is 0 Å². The number of Topliss-reactive ketones (excluding diaryl/α,β-unsaturated/α-hetero) is 1. The topological polar surface area (TPSA) is 101 Å². The number of carbonyl (C=O) groups is 4. The monoisotopic (exact) mass is 577 g/mol. The Morgan fingerprint density at radius 1 is 1.00 bits per heavy atom. The summed E-state index contributed by atoms with van der Waals surface area (Å²) < 4.78 is 43.3. The summed E-state index contributed by atoms with van der Waals surface area (Å²) in [6, 6.07) is 10.1. The van der Waals surface area contributed by atoms with Crippen molar-refractivity contribution in [2.24, 2.45) is 17.8 Å². The Bertz CT molecular complexity index is 1650. The van der Waals surface area contributed by atoms with Gasteiger partial charge < -0.3 is 9.84 Å². The van der Waals surface area contributed by atoms with Gasteiger partial charge in [-0.05, 0) is 74.1 Å². The van der Waals surface area contributed by atoms with Crippen LogP contribution in [0.25, 0.3) is 0 Å². The van der Waals surface area contributed by atoms with Gasteiger partial charge in [0.1, 0.15) is 11.5 Å². The van der Waals surface area contributed by atoms with Gasteiger partial charge in [0.25, 0.3) is 0 Å². The van der Waals surface area contributed by atoms with Crippen LogP contribution in [-0.4, -0.2) is 34.8 Å². The molecule has 6 rings (SSSR count). The normalized spacial score (nSPS) is 25.6. The number of carbonyl (C=O) groups excluding carboxylic acids is 4. The number of nitrogens with zero attached hydrogens (tertiary/aromatic N) is 1. The molecule has 0 radical (unpaired) electrons. The Balaban J connectivity index is 1.48. The van der Waals surface area contributed by atoms with Crippen molar-refractivity contribution in [1.29, 1.82) is 0 Å². The summed E-state index contributed by atoms with van der Waals surface area (Å²) in [7, 11) is 0. The lowest BCUT2D eigenvalue weighted by atomic mass is 9.59. The second kappa shape index (κ2) is 9.82. The first kappa shape index (κ1) is 27.7. The van der Waals surface area contributed by atoms with Gasteiger partial charge in [0.15, 0.2) is 11.6 Å². The highest BCUT2D eigenvalue weighted by molar-refractivity contribution is 6.25. The third-order valence-electron chi connectivity index (χ3n) is 8.71. The lowest BCUT2D eigenvalue weighted by molar-refractivity contribution is -0.274. The fourth-order valence-corrected chi connectivity index (χ4v) is 6.81. The summed E-state index contributed by atoms with van der Waals surface area (Å²) >= 11 is 0. The molecule has 1 saturated heterocycles. The van der Waals surface area contributed by atoms with E-state index >= 15 is 0 Å². The van der Waals surface area contributed by atoms with Gasteiger partial charge in [0, 0.05) is 28.2 Å². The third kappa shape index (κ3) is 4.36. The number of amides is 2. The van der Waals surface area contributed by atoms with E-state index in [-0.39, 0.29) is 41.0 Å². The predicted molar refractivity (Wildman–Crippen MR) is 144 cm³/mol. The molecule has 2 aromatic carbocycles. The van der Waals surface area contributed by atoms with E-state index in [0.717, 1.165) is 35.1 Å². The lowest BCUT2D eigenvalue weighted by Crippen LogP contribution is -2.39. The molecule has 0 bridgehead atoms. The zero-order chi connectivity index (χ0) is 30.1. The van der Waals surface area contributed by atoms with Gasteiger partial charge in [-0.15, -0.1) is 13.2 Å². The van der Waals surface area contributed by atoms with Crippen molar-refractivity contribution in [1.82, 2.24) is 0 Å². The van der Waals surface area contributed by atoms with E-state index in [1.54, 1.807) is 18.2 Å². The van der Waals surface area contributed by atoms with Crippen LogP contribution in [0.15, 0.2) is 76.9 Å². The van der Waals surface area contributed by atoms with Crippen molar-refractivity contribution >= 4 is 29.1 Å². The molecule has 1 fully saturated rings. The van der Waals surface area contributed by atoms with E-state index in [1.165, 1.54) is 13.0 Å². The number of aryl methyl sites for hydroxylation is 1. The van der Waals surface area contributed by atoms with Crippen LogP contribution in [0.2, 0.25) is 0 Å². The third-order valence-corrected chi connectivity index (χ3v) is 8.71. The zero-order valence-electron chi connectivity index (χ0n) is 22.7. The van der Waals surface area contributed by atoms with Crippen LogP contribution >= 0.6 is 0 Å². The number of ketones is 2. The van der Waals surface area contributed by atoms with Crippen molar-refractivity contribution in [2.45, 2.75) is 45.4 Å². The molecule has 0 aromatic heterocycles. The van der Waals surface area contributed by atoms with Crippen LogP contribution in [0.1, 0.15) is 43.7 Å². The molecule has 0 spiro atoms. The summed E-state index contributed by atoms with van der Waals surface area (Å²) in [6.07, 6.45) is -1.12. The predicted octanol–water partition coefficient (Wildman–Crippen LogP) is 5.49. The van der Waals surface area contributed by atoms with Gasteiger partial charge in [-0.3, -0.25) is 24.1 Å². The van der Waals surface area contributed by atoms with Crippen LogP contribution in [-0.2, 0) is 25.6 Å². The SMILES string of the molecule is CCc1ccc(N2C(=O)[C@H]3[C@H](CC=C4[C@H](c5cc(OC(F)(F)F)ccc5O)C5=C(C[C@H]43)C(=O)C=C(C)C5=O)C2=O)cc1. The average molecular weight is 578 g/mol. The molecule has 42 heavy (non-hydrogen) atoms. The summed E-state index contributed by atoms with van der Waals surface area (Å²) in [5, 5.41) is 10.9. The summed E-state index contributed by atoms with van der Waals surface area (Å²) in [4.78, 5) is 55.4. The van der Waals surface area contributed by atoms with Crippen molar-refractivity contribution in [2.75, 3.05) is 4.90 Å². The number of aromatic hydroxyl groups is 1. The fourth-order valence-electron chi connectivity index (χ4n) is 6.81. The molecule has 4 atom stereocenters. The first-order chi connectivity index (χ1) is 19.9. The largest absolute Gasteiger partial charge is 0.573 e. The number of ether oxygens (including phenoxy) is 1. The van der Waals surface area contributed by atoms with Crippen LogP contribution < -0.4 is 9.64 Å². The number of alkyl halides is 3. The Morgan fingerprint density at radius 3 is 2.38 bits per heavy atom. The van der Waals surface area contributed by atoms with Gasteiger partial charge in [-0.2, -0.15) is 0 Å². The van der Waals surface area contributed by atoms with E-state index in [0.29, 0.717) is 11.3 Å². The molecule has 2 aromatic rings. The molecule has 1 aliphatic heterocycles.